The maximum atomic E-state index is 12.0. The normalized spacial score (nSPS) is 11.4. The minimum absolute atomic E-state index is 0.158. The van der Waals surface area contributed by atoms with E-state index in [4.69, 9.17) is 0 Å². The van der Waals surface area contributed by atoms with Gasteiger partial charge in [-0.3, -0.25) is 0 Å². The first kappa shape index (κ1) is 9.97. The van der Waals surface area contributed by atoms with Crippen LogP contribution in [0.2, 0.25) is 0 Å². The number of aromatic nitrogens is 1. The lowest BCUT2D eigenvalue weighted by Gasteiger charge is -1.98. The van der Waals surface area contributed by atoms with Gasteiger partial charge in [0, 0.05) is 0 Å². The lowest BCUT2D eigenvalue weighted by Crippen LogP contribution is -2.03. The highest BCUT2D eigenvalue weighted by atomic mass is 32.1. The van der Waals surface area contributed by atoms with Crippen molar-refractivity contribution in [3.63, 3.8) is 0 Å². The molecule has 0 saturated carbocycles. The zero-order valence-corrected chi connectivity index (χ0v) is 7.20. The van der Waals surface area contributed by atoms with Crippen LogP contribution in [0.15, 0.2) is 6.20 Å². The van der Waals surface area contributed by atoms with E-state index < -0.39 is 17.2 Å². The number of rotatable bonds is 1. The first-order valence-electron chi connectivity index (χ1n) is 3.06. The molecule has 0 bridgehead atoms. The zero-order chi connectivity index (χ0) is 10.1. The predicted molar refractivity (Wildman–Crippen MR) is 38.5 cm³/mol. The molecule has 0 N–H and O–H groups in total. The van der Waals surface area contributed by atoms with Crippen LogP contribution < -0.4 is 0 Å². The summed E-state index contributed by atoms with van der Waals surface area (Å²) in [5, 5.41) is -1.05. The first-order chi connectivity index (χ1) is 5.95. The van der Waals surface area contributed by atoms with Gasteiger partial charge in [0.05, 0.1) is 13.3 Å². The summed E-state index contributed by atoms with van der Waals surface area (Å²) in [6, 6.07) is 0. The second kappa shape index (κ2) is 3.33. The first-order valence-corrected chi connectivity index (χ1v) is 3.88. The number of alkyl halides is 3. The van der Waals surface area contributed by atoms with E-state index in [1.807, 2.05) is 0 Å². The van der Waals surface area contributed by atoms with Gasteiger partial charge in [-0.2, -0.15) is 13.2 Å². The van der Waals surface area contributed by atoms with E-state index in [0.717, 1.165) is 13.3 Å². The van der Waals surface area contributed by atoms with Crippen LogP contribution in [0.3, 0.4) is 0 Å². The summed E-state index contributed by atoms with van der Waals surface area (Å²) in [5.41, 5.74) is 0. The summed E-state index contributed by atoms with van der Waals surface area (Å²) in [4.78, 5) is 13.6. The van der Waals surface area contributed by atoms with Crippen LogP contribution in [-0.4, -0.2) is 18.1 Å². The molecule has 0 spiro atoms. The van der Waals surface area contributed by atoms with Gasteiger partial charge in [0.1, 0.15) is 4.88 Å². The van der Waals surface area contributed by atoms with Crippen molar-refractivity contribution < 1.29 is 22.7 Å². The van der Waals surface area contributed by atoms with Crippen LogP contribution in [0.4, 0.5) is 13.2 Å². The van der Waals surface area contributed by atoms with Crippen LogP contribution >= 0.6 is 11.3 Å². The maximum Gasteiger partial charge on any atom is 0.443 e. The number of hydrogen-bond acceptors (Lipinski definition) is 4. The second-order valence-corrected chi connectivity index (χ2v) is 3.05. The highest BCUT2D eigenvalue weighted by Gasteiger charge is 2.35. The van der Waals surface area contributed by atoms with Gasteiger partial charge in [0.25, 0.3) is 0 Å². The fraction of sp³-hybridized carbons (Fsp3) is 0.333. The fourth-order valence-corrected chi connectivity index (χ4v) is 1.30. The second-order valence-electron chi connectivity index (χ2n) is 2.02. The van der Waals surface area contributed by atoms with Crippen LogP contribution in [0.1, 0.15) is 14.7 Å². The van der Waals surface area contributed by atoms with Crippen molar-refractivity contribution in [1.29, 1.82) is 0 Å². The summed E-state index contributed by atoms with van der Waals surface area (Å²) >= 11 is 0.262. The minimum Gasteiger partial charge on any atom is -0.465 e. The molecule has 0 saturated heterocycles. The van der Waals surface area contributed by atoms with Crippen molar-refractivity contribution in [2.45, 2.75) is 6.18 Å². The van der Waals surface area contributed by atoms with E-state index >= 15 is 0 Å². The molecule has 13 heavy (non-hydrogen) atoms. The Morgan fingerprint density at radius 1 is 1.62 bits per heavy atom. The summed E-state index contributed by atoms with van der Waals surface area (Å²) < 4.78 is 40.1. The Morgan fingerprint density at radius 2 is 2.23 bits per heavy atom. The Labute approximate surface area is 75.2 Å². The molecule has 0 radical (unpaired) electrons. The fourth-order valence-electron chi connectivity index (χ4n) is 0.600. The Morgan fingerprint density at radius 3 is 2.62 bits per heavy atom. The standard InChI is InChI=1S/C6H4F3NO2S/c1-12-4(11)3-2-10-5(13-3)6(7,8)9/h2H,1H3. The van der Waals surface area contributed by atoms with E-state index in [2.05, 4.69) is 9.72 Å². The number of nitrogens with zero attached hydrogens (tertiary/aromatic N) is 1. The van der Waals surface area contributed by atoms with E-state index in [-0.39, 0.29) is 16.2 Å². The highest BCUT2D eigenvalue weighted by molar-refractivity contribution is 7.13. The van der Waals surface area contributed by atoms with E-state index in [1.165, 1.54) is 0 Å². The summed E-state index contributed by atoms with van der Waals surface area (Å²) in [6.07, 6.45) is -3.66. The molecule has 0 aliphatic carbocycles. The molecule has 0 aliphatic heterocycles. The summed E-state index contributed by atoms with van der Waals surface area (Å²) in [5.74, 6) is -0.812. The van der Waals surface area contributed by atoms with Gasteiger partial charge in [-0.15, -0.1) is 11.3 Å². The molecule has 0 fully saturated rings. The van der Waals surface area contributed by atoms with Crippen LogP contribution in [0.5, 0.6) is 0 Å². The van der Waals surface area contributed by atoms with Crippen molar-refractivity contribution in [1.82, 2.24) is 4.98 Å². The molecule has 0 aliphatic rings. The smallest absolute Gasteiger partial charge is 0.443 e. The predicted octanol–water partition coefficient (Wildman–Crippen LogP) is 1.95. The zero-order valence-electron chi connectivity index (χ0n) is 6.38. The Balaban J connectivity index is 2.93. The monoisotopic (exact) mass is 211 g/mol. The van der Waals surface area contributed by atoms with Crippen molar-refractivity contribution >= 4 is 17.3 Å². The molecular weight excluding hydrogens is 207 g/mol. The van der Waals surface area contributed by atoms with Gasteiger partial charge >= 0.3 is 12.1 Å². The number of halogens is 3. The minimum atomic E-state index is -4.50. The number of esters is 1. The third kappa shape index (κ3) is 2.18. The average Bonchev–Trinajstić information content (AvgIpc) is 2.50. The summed E-state index contributed by atoms with van der Waals surface area (Å²) in [7, 11) is 1.09. The molecule has 0 atom stereocenters. The molecule has 1 rings (SSSR count). The topological polar surface area (TPSA) is 39.2 Å². The van der Waals surface area contributed by atoms with Gasteiger partial charge < -0.3 is 4.74 Å². The number of hydrogen-bond donors (Lipinski definition) is 0. The molecule has 1 heterocycles. The number of carbonyl (C=O) groups excluding carboxylic acids is 1. The van der Waals surface area contributed by atoms with Gasteiger partial charge in [0.15, 0.2) is 5.01 Å². The number of methoxy groups -OCH3 is 1. The van der Waals surface area contributed by atoms with Gasteiger partial charge in [-0.25, -0.2) is 9.78 Å². The van der Waals surface area contributed by atoms with Crippen molar-refractivity contribution in [3.8, 4) is 0 Å². The molecule has 7 heteroatoms. The lowest BCUT2D eigenvalue weighted by molar-refractivity contribution is -0.137. The summed E-state index contributed by atoms with van der Waals surface area (Å²) in [6.45, 7) is 0. The maximum absolute atomic E-state index is 12.0. The number of ether oxygens (including phenoxy) is 1. The Hall–Kier alpha value is -1.11. The Kier molecular flexibility index (Phi) is 2.55. The molecular formula is C6H4F3NO2S. The van der Waals surface area contributed by atoms with E-state index in [0.29, 0.717) is 0 Å². The van der Waals surface area contributed by atoms with Crippen LogP contribution in [-0.2, 0) is 10.9 Å². The molecule has 72 valence electrons. The van der Waals surface area contributed by atoms with Crippen molar-refractivity contribution in [2.24, 2.45) is 0 Å². The van der Waals surface area contributed by atoms with Crippen molar-refractivity contribution in [2.75, 3.05) is 7.11 Å². The number of carbonyl (C=O) groups is 1. The van der Waals surface area contributed by atoms with Crippen LogP contribution in [0.25, 0.3) is 0 Å². The van der Waals surface area contributed by atoms with Gasteiger partial charge in [-0.1, -0.05) is 0 Å². The molecule has 1 aromatic heterocycles. The molecule has 0 aromatic carbocycles. The SMILES string of the molecule is COC(=O)c1cnc(C(F)(F)F)s1. The van der Waals surface area contributed by atoms with Gasteiger partial charge in [-0.05, 0) is 0 Å². The third-order valence-corrected chi connectivity index (χ3v) is 2.16. The largest absolute Gasteiger partial charge is 0.465 e. The Bertz CT molecular complexity index is 320. The molecule has 1 aromatic rings. The van der Waals surface area contributed by atoms with Gasteiger partial charge in [0.2, 0.25) is 0 Å². The van der Waals surface area contributed by atoms with Crippen molar-refractivity contribution in [3.05, 3.63) is 16.1 Å². The van der Waals surface area contributed by atoms with Crippen LogP contribution in [0, 0.1) is 0 Å². The highest BCUT2D eigenvalue weighted by Crippen LogP contribution is 2.32. The average molecular weight is 211 g/mol. The van der Waals surface area contributed by atoms with E-state index in [1.54, 1.807) is 0 Å². The quantitative estimate of drug-likeness (QED) is 0.666. The third-order valence-electron chi connectivity index (χ3n) is 1.13. The molecule has 0 amide bonds. The molecule has 3 nitrogen and oxygen atoms in total. The lowest BCUT2D eigenvalue weighted by atomic mass is 10.6. The van der Waals surface area contributed by atoms with E-state index in [9.17, 15) is 18.0 Å². The number of thiazole rings is 1. The molecule has 0 unspecified atom stereocenters.